The first-order valence-corrected chi connectivity index (χ1v) is 9.93. The monoisotopic (exact) mass is 421 g/mol. The van der Waals surface area contributed by atoms with Crippen molar-refractivity contribution in [3.05, 3.63) is 64.2 Å². The topological polar surface area (TPSA) is 44.4 Å². The molecule has 4 nitrogen and oxygen atoms in total. The molecule has 1 aliphatic heterocycles. The van der Waals surface area contributed by atoms with E-state index < -0.39 is 0 Å². The van der Waals surface area contributed by atoms with Gasteiger partial charge in [0.05, 0.1) is 6.54 Å². The van der Waals surface area contributed by atoms with Crippen LogP contribution in [0.4, 0.5) is 5.69 Å². The highest BCUT2D eigenvalue weighted by Crippen LogP contribution is 2.30. The maximum Gasteiger partial charge on any atom is 0.238 e. The van der Waals surface area contributed by atoms with Crippen LogP contribution in [0, 0.1) is 6.92 Å². The molecule has 0 aromatic heterocycles. The molecule has 2 aromatic rings. The van der Waals surface area contributed by atoms with Crippen molar-refractivity contribution in [2.24, 2.45) is 0 Å². The van der Waals surface area contributed by atoms with Gasteiger partial charge in [-0.15, -0.1) is 12.4 Å². The summed E-state index contributed by atoms with van der Waals surface area (Å²) in [6.45, 7) is 9.16. The zero-order valence-electron chi connectivity index (χ0n) is 16.7. The van der Waals surface area contributed by atoms with Gasteiger partial charge in [-0.05, 0) is 35.6 Å². The first-order chi connectivity index (χ1) is 13.0. The number of rotatable bonds is 5. The number of carbonyl (C=O) groups excluding carboxylic acids is 1. The molecule has 0 saturated carbocycles. The van der Waals surface area contributed by atoms with E-state index in [-0.39, 0.29) is 24.4 Å². The molecule has 0 radical (unpaired) electrons. The van der Waals surface area contributed by atoms with Crippen molar-refractivity contribution < 1.29 is 4.79 Å². The van der Waals surface area contributed by atoms with Crippen LogP contribution in [-0.4, -0.2) is 37.0 Å². The van der Waals surface area contributed by atoms with E-state index >= 15 is 0 Å². The average molecular weight is 422 g/mol. The van der Waals surface area contributed by atoms with E-state index in [2.05, 4.69) is 35.4 Å². The van der Waals surface area contributed by atoms with Crippen LogP contribution in [0.2, 0.25) is 5.02 Å². The number of halogens is 2. The summed E-state index contributed by atoms with van der Waals surface area (Å²) in [6.07, 6.45) is 0. The molecule has 6 heteroatoms. The number of para-hydroxylation sites is 1. The van der Waals surface area contributed by atoms with E-state index in [0.29, 0.717) is 12.5 Å². The Morgan fingerprint density at radius 1 is 1.25 bits per heavy atom. The Hall–Kier alpha value is -1.59. The first kappa shape index (κ1) is 22.7. The Kier molecular flexibility index (Phi) is 8.32. The van der Waals surface area contributed by atoms with Crippen molar-refractivity contribution in [1.82, 2.24) is 10.2 Å². The molecule has 0 bridgehead atoms. The molecule has 0 aliphatic carbocycles. The second kappa shape index (κ2) is 10.3. The van der Waals surface area contributed by atoms with Gasteiger partial charge in [-0.1, -0.05) is 61.8 Å². The number of nitrogens with one attached hydrogen (secondary N) is 2. The molecule has 1 fully saturated rings. The third-order valence-electron chi connectivity index (χ3n) is 5.16. The molecule has 1 saturated heterocycles. The smallest absolute Gasteiger partial charge is 0.238 e. The number of hydrogen-bond acceptors (Lipinski definition) is 3. The van der Waals surface area contributed by atoms with Crippen molar-refractivity contribution in [2.45, 2.75) is 32.7 Å². The van der Waals surface area contributed by atoms with Crippen LogP contribution in [0.3, 0.4) is 0 Å². The second-order valence-corrected chi connectivity index (χ2v) is 7.86. The van der Waals surface area contributed by atoms with E-state index in [1.54, 1.807) is 0 Å². The van der Waals surface area contributed by atoms with E-state index in [9.17, 15) is 4.79 Å². The van der Waals surface area contributed by atoms with Gasteiger partial charge < -0.3 is 10.6 Å². The van der Waals surface area contributed by atoms with Crippen molar-refractivity contribution in [2.75, 3.05) is 31.5 Å². The van der Waals surface area contributed by atoms with Crippen molar-refractivity contribution in [1.29, 1.82) is 0 Å². The van der Waals surface area contributed by atoms with Gasteiger partial charge >= 0.3 is 0 Å². The van der Waals surface area contributed by atoms with Gasteiger partial charge in [-0.2, -0.15) is 0 Å². The van der Waals surface area contributed by atoms with Crippen LogP contribution in [0.1, 0.15) is 42.5 Å². The number of hydrogen-bond donors (Lipinski definition) is 2. The Labute approximate surface area is 179 Å². The maximum atomic E-state index is 12.9. The minimum absolute atomic E-state index is 0. The molecular weight excluding hydrogens is 393 g/mol. The summed E-state index contributed by atoms with van der Waals surface area (Å²) in [6, 6.07) is 14.2. The largest absolute Gasteiger partial charge is 0.324 e. The highest BCUT2D eigenvalue weighted by molar-refractivity contribution is 6.31. The molecule has 28 heavy (non-hydrogen) atoms. The van der Waals surface area contributed by atoms with Gasteiger partial charge in [0.2, 0.25) is 5.91 Å². The predicted octanol–water partition coefficient (Wildman–Crippen LogP) is 4.78. The van der Waals surface area contributed by atoms with E-state index in [0.717, 1.165) is 41.5 Å². The van der Waals surface area contributed by atoms with E-state index in [4.69, 9.17) is 11.6 Å². The highest BCUT2D eigenvalue weighted by Gasteiger charge is 2.27. The summed E-state index contributed by atoms with van der Waals surface area (Å²) in [4.78, 5) is 15.1. The molecule has 2 N–H and O–H groups in total. The zero-order valence-corrected chi connectivity index (χ0v) is 18.2. The number of nitrogens with zero attached hydrogens (tertiary/aromatic N) is 1. The zero-order chi connectivity index (χ0) is 19.4. The third-order valence-corrected chi connectivity index (χ3v) is 5.50. The fourth-order valence-corrected chi connectivity index (χ4v) is 3.96. The quantitative estimate of drug-likeness (QED) is 0.729. The molecule has 1 unspecified atom stereocenters. The molecular formula is C22H29Cl2N3O. The molecule has 0 spiro atoms. The number of amides is 1. The first-order valence-electron chi connectivity index (χ1n) is 9.56. The van der Waals surface area contributed by atoms with E-state index in [1.165, 1.54) is 5.56 Å². The standard InChI is InChI=1S/C22H28ClN3O.ClH/c1-15(2)17-9-6-7-16(3)22(17)25-21(27)14-26-12-11-24-13-20(26)18-8-4-5-10-19(18)23;/h4-10,15,20,24H,11-14H2,1-3H3,(H,25,27);1H. The summed E-state index contributed by atoms with van der Waals surface area (Å²) in [7, 11) is 0. The summed E-state index contributed by atoms with van der Waals surface area (Å²) < 4.78 is 0. The average Bonchev–Trinajstić information content (AvgIpc) is 2.64. The minimum atomic E-state index is 0. The lowest BCUT2D eigenvalue weighted by atomic mass is 9.98. The Morgan fingerprint density at radius 3 is 2.71 bits per heavy atom. The van der Waals surface area contributed by atoms with Gasteiger partial charge in [0, 0.05) is 36.4 Å². The Morgan fingerprint density at radius 2 is 2.00 bits per heavy atom. The van der Waals surface area contributed by atoms with Gasteiger partial charge in [0.15, 0.2) is 0 Å². The van der Waals surface area contributed by atoms with Crippen molar-refractivity contribution >= 4 is 35.6 Å². The third kappa shape index (κ3) is 5.26. The van der Waals surface area contributed by atoms with Crippen LogP contribution in [0.5, 0.6) is 0 Å². The van der Waals surface area contributed by atoms with Crippen LogP contribution in [0.25, 0.3) is 0 Å². The molecule has 1 aliphatic rings. The second-order valence-electron chi connectivity index (χ2n) is 7.45. The minimum Gasteiger partial charge on any atom is -0.324 e. The number of anilines is 1. The number of piperazine rings is 1. The fourth-order valence-electron chi connectivity index (χ4n) is 3.69. The Balaban J connectivity index is 0.00000280. The molecule has 3 rings (SSSR count). The summed E-state index contributed by atoms with van der Waals surface area (Å²) in [5.41, 5.74) is 4.28. The predicted molar refractivity (Wildman–Crippen MR) is 120 cm³/mol. The molecule has 152 valence electrons. The maximum absolute atomic E-state index is 12.9. The van der Waals surface area contributed by atoms with Crippen LogP contribution in [-0.2, 0) is 4.79 Å². The number of aryl methyl sites for hydroxylation is 1. The molecule has 2 aromatic carbocycles. The lowest BCUT2D eigenvalue weighted by Gasteiger charge is -2.36. The lowest BCUT2D eigenvalue weighted by Crippen LogP contribution is -2.48. The SMILES string of the molecule is Cc1cccc(C(C)C)c1NC(=O)CN1CCNCC1c1ccccc1Cl.Cl. The lowest BCUT2D eigenvalue weighted by molar-refractivity contribution is -0.118. The number of carbonyl (C=O) groups is 1. The van der Waals surface area contributed by atoms with Crippen LogP contribution in [0.15, 0.2) is 42.5 Å². The van der Waals surface area contributed by atoms with Gasteiger partial charge in [-0.3, -0.25) is 9.69 Å². The number of benzene rings is 2. The summed E-state index contributed by atoms with van der Waals surface area (Å²) in [5.74, 6) is 0.375. The summed E-state index contributed by atoms with van der Waals surface area (Å²) >= 11 is 6.41. The van der Waals surface area contributed by atoms with E-state index in [1.807, 2.05) is 43.3 Å². The van der Waals surface area contributed by atoms with Gasteiger partial charge in [0.1, 0.15) is 0 Å². The van der Waals surface area contributed by atoms with Crippen molar-refractivity contribution in [3.63, 3.8) is 0 Å². The highest BCUT2D eigenvalue weighted by atomic mass is 35.5. The van der Waals surface area contributed by atoms with Crippen molar-refractivity contribution in [3.8, 4) is 0 Å². The molecule has 1 amide bonds. The summed E-state index contributed by atoms with van der Waals surface area (Å²) in [5, 5.41) is 7.32. The van der Waals surface area contributed by atoms with Gasteiger partial charge in [0.25, 0.3) is 0 Å². The fraction of sp³-hybridized carbons (Fsp3) is 0.409. The molecule has 1 atom stereocenters. The molecule has 1 heterocycles. The van der Waals surface area contributed by atoms with Crippen LogP contribution >= 0.6 is 24.0 Å². The van der Waals surface area contributed by atoms with Gasteiger partial charge in [-0.25, -0.2) is 0 Å². The normalized spacial score (nSPS) is 17.2. The van der Waals surface area contributed by atoms with Crippen LogP contribution < -0.4 is 10.6 Å². The Bertz CT molecular complexity index is 810.